The summed E-state index contributed by atoms with van der Waals surface area (Å²) in [5, 5.41) is 2.86. The molecule has 0 radical (unpaired) electrons. The van der Waals surface area contributed by atoms with Gasteiger partial charge in [0.05, 0.1) is 23.8 Å². The van der Waals surface area contributed by atoms with E-state index in [1.165, 1.54) is 19.1 Å². The van der Waals surface area contributed by atoms with Crippen molar-refractivity contribution in [2.75, 3.05) is 19.8 Å². The molecule has 1 N–H and O–H groups in total. The number of ether oxygens (including phenoxy) is 3. The van der Waals surface area contributed by atoms with E-state index in [2.05, 4.69) is 12.2 Å². The molecule has 0 aliphatic heterocycles. The first-order valence-corrected chi connectivity index (χ1v) is 8.90. The quantitative estimate of drug-likeness (QED) is 0.502. The van der Waals surface area contributed by atoms with E-state index in [-0.39, 0.29) is 16.5 Å². The third kappa shape index (κ3) is 6.46. The number of carbonyl (C=O) groups excluding carboxylic acids is 2. The highest BCUT2D eigenvalue weighted by Crippen LogP contribution is 2.37. The second-order valence-electron chi connectivity index (χ2n) is 5.36. The standard InChI is InChI=1S/C18H26ClNO5/c1-5-8-9-24-16-14(19)10-13(11-15(16)23-7-3)18(22)25-12(4)17(21)20-6-2/h10-12H,5-9H2,1-4H3,(H,20,21)/t12-/m1/s1. The van der Waals surface area contributed by atoms with Crippen LogP contribution in [0, 0.1) is 0 Å². The molecule has 0 spiro atoms. The lowest BCUT2D eigenvalue weighted by molar-refractivity contribution is -0.128. The summed E-state index contributed by atoms with van der Waals surface area (Å²) in [7, 11) is 0. The highest BCUT2D eigenvalue weighted by Gasteiger charge is 2.21. The predicted octanol–water partition coefficient (Wildman–Crippen LogP) is 3.60. The topological polar surface area (TPSA) is 73.9 Å². The molecule has 1 rings (SSSR count). The minimum atomic E-state index is -0.901. The third-order valence-corrected chi connectivity index (χ3v) is 3.57. The molecule has 140 valence electrons. The van der Waals surface area contributed by atoms with Crippen LogP contribution in [0.4, 0.5) is 0 Å². The van der Waals surface area contributed by atoms with Crippen LogP contribution in [0.25, 0.3) is 0 Å². The highest BCUT2D eigenvalue weighted by molar-refractivity contribution is 6.32. The number of halogens is 1. The molecular weight excluding hydrogens is 346 g/mol. The predicted molar refractivity (Wildman–Crippen MR) is 96.6 cm³/mol. The van der Waals surface area contributed by atoms with Crippen molar-refractivity contribution in [3.63, 3.8) is 0 Å². The van der Waals surface area contributed by atoms with Gasteiger partial charge in [-0.15, -0.1) is 0 Å². The van der Waals surface area contributed by atoms with Crippen molar-refractivity contribution in [3.05, 3.63) is 22.7 Å². The Hall–Kier alpha value is -1.95. The van der Waals surface area contributed by atoms with Crippen LogP contribution in [0.2, 0.25) is 5.02 Å². The molecule has 7 heteroatoms. The number of hydrogen-bond acceptors (Lipinski definition) is 5. The monoisotopic (exact) mass is 371 g/mol. The molecule has 25 heavy (non-hydrogen) atoms. The Morgan fingerprint density at radius 3 is 2.52 bits per heavy atom. The Balaban J connectivity index is 2.96. The summed E-state index contributed by atoms with van der Waals surface area (Å²) in [6, 6.07) is 2.97. The van der Waals surface area contributed by atoms with E-state index in [0.717, 1.165) is 12.8 Å². The van der Waals surface area contributed by atoms with Gasteiger partial charge in [0.2, 0.25) is 0 Å². The summed E-state index contributed by atoms with van der Waals surface area (Å²) >= 11 is 6.25. The second kappa shape index (κ2) is 10.8. The van der Waals surface area contributed by atoms with Crippen LogP contribution >= 0.6 is 11.6 Å². The van der Waals surface area contributed by atoms with Crippen molar-refractivity contribution in [1.29, 1.82) is 0 Å². The lowest BCUT2D eigenvalue weighted by atomic mass is 10.2. The van der Waals surface area contributed by atoms with Crippen LogP contribution in [0.5, 0.6) is 11.5 Å². The zero-order valence-electron chi connectivity index (χ0n) is 15.2. The summed E-state index contributed by atoms with van der Waals surface area (Å²) in [6.07, 6.45) is 0.974. The minimum Gasteiger partial charge on any atom is -0.490 e. The summed E-state index contributed by atoms with van der Waals surface area (Å²) in [5.74, 6) is -0.220. The molecule has 0 bridgehead atoms. The Morgan fingerprint density at radius 2 is 1.92 bits per heavy atom. The second-order valence-corrected chi connectivity index (χ2v) is 5.77. The van der Waals surface area contributed by atoms with Crippen LogP contribution in [-0.2, 0) is 9.53 Å². The van der Waals surface area contributed by atoms with Crippen molar-refractivity contribution in [3.8, 4) is 11.5 Å². The van der Waals surface area contributed by atoms with Gasteiger partial charge in [-0.1, -0.05) is 24.9 Å². The number of nitrogens with one attached hydrogen (secondary N) is 1. The van der Waals surface area contributed by atoms with E-state index in [9.17, 15) is 9.59 Å². The molecule has 1 atom stereocenters. The fourth-order valence-electron chi connectivity index (χ4n) is 2.01. The van der Waals surface area contributed by atoms with Crippen molar-refractivity contribution in [1.82, 2.24) is 5.32 Å². The van der Waals surface area contributed by atoms with E-state index in [1.807, 2.05) is 6.92 Å². The minimum absolute atomic E-state index is 0.201. The van der Waals surface area contributed by atoms with Crippen molar-refractivity contribution in [2.45, 2.75) is 46.6 Å². The molecule has 1 aromatic carbocycles. The normalized spacial score (nSPS) is 11.6. The molecule has 0 aliphatic carbocycles. The van der Waals surface area contributed by atoms with E-state index < -0.39 is 12.1 Å². The van der Waals surface area contributed by atoms with Gasteiger partial charge in [-0.25, -0.2) is 4.79 Å². The number of carbonyl (C=O) groups is 2. The summed E-state index contributed by atoms with van der Waals surface area (Å²) in [6.45, 7) is 8.55. The Kier molecular flexibility index (Phi) is 9.13. The number of rotatable bonds is 10. The smallest absolute Gasteiger partial charge is 0.339 e. The van der Waals surface area contributed by atoms with Crippen molar-refractivity contribution < 1.29 is 23.8 Å². The van der Waals surface area contributed by atoms with Gasteiger partial charge in [-0.05, 0) is 39.3 Å². The SMILES string of the molecule is CCCCOc1c(Cl)cc(C(=O)O[C@H](C)C(=O)NCC)cc1OCC. The van der Waals surface area contributed by atoms with Crippen LogP contribution < -0.4 is 14.8 Å². The molecular formula is C18H26ClNO5. The van der Waals surface area contributed by atoms with Crippen LogP contribution in [0.3, 0.4) is 0 Å². The summed E-state index contributed by atoms with van der Waals surface area (Å²) in [5.41, 5.74) is 0.201. The largest absolute Gasteiger partial charge is 0.490 e. The van der Waals surface area contributed by atoms with Gasteiger partial charge in [0.25, 0.3) is 5.91 Å². The van der Waals surface area contributed by atoms with E-state index >= 15 is 0 Å². The zero-order valence-corrected chi connectivity index (χ0v) is 15.9. The van der Waals surface area contributed by atoms with Gasteiger partial charge < -0.3 is 19.5 Å². The molecule has 0 saturated carbocycles. The average Bonchev–Trinajstić information content (AvgIpc) is 2.57. The zero-order chi connectivity index (χ0) is 18.8. The summed E-state index contributed by atoms with van der Waals surface area (Å²) < 4.78 is 16.4. The van der Waals surface area contributed by atoms with E-state index in [1.54, 1.807) is 6.92 Å². The first-order valence-electron chi connectivity index (χ1n) is 8.52. The van der Waals surface area contributed by atoms with Crippen molar-refractivity contribution >= 4 is 23.5 Å². The van der Waals surface area contributed by atoms with Gasteiger partial charge in [0, 0.05) is 6.54 Å². The molecule has 0 unspecified atom stereocenters. The molecule has 6 nitrogen and oxygen atoms in total. The molecule has 0 aliphatic rings. The number of amides is 1. The third-order valence-electron chi connectivity index (χ3n) is 3.29. The maximum Gasteiger partial charge on any atom is 0.339 e. The van der Waals surface area contributed by atoms with E-state index in [4.69, 9.17) is 25.8 Å². The Morgan fingerprint density at radius 1 is 1.20 bits per heavy atom. The fourth-order valence-corrected chi connectivity index (χ4v) is 2.27. The lowest BCUT2D eigenvalue weighted by Gasteiger charge is -2.16. The maximum absolute atomic E-state index is 12.3. The van der Waals surface area contributed by atoms with E-state index in [0.29, 0.717) is 31.3 Å². The average molecular weight is 372 g/mol. The molecule has 0 heterocycles. The van der Waals surface area contributed by atoms with Gasteiger partial charge in [0.15, 0.2) is 17.6 Å². The van der Waals surface area contributed by atoms with Crippen LogP contribution in [-0.4, -0.2) is 37.7 Å². The van der Waals surface area contributed by atoms with Crippen LogP contribution in [0.1, 0.15) is 50.9 Å². The number of unbranched alkanes of at least 4 members (excludes halogenated alkanes) is 1. The Bertz CT molecular complexity index is 591. The number of hydrogen-bond donors (Lipinski definition) is 1. The maximum atomic E-state index is 12.3. The highest BCUT2D eigenvalue weighted by atomic mass is 35.5. The molecule has 0 fully saturated rings. The van der Waals surface area contributed by atoms with Crippen LogP contribution in [0.15, 0.2) is 12.1 Å². The van der Waals surface area contributed by atoms with Gasteiger partial charge in [-0.2, -0.15) is 0 Å². The molecule has 0 aromatic heterocycles. The molecule has 1 aromatic rings. The fraction of sp³-hybridized carbons (Fsp3) is 0.556. The number of likely N-dealkylation sites (N-methyl/N-ethyl adjacent to an activating group) is 1. The Labute approximate surface area is 153 Å². The van der Waals surface area contributed by atoms with Crippen molar-refractivity contribution in [2.24, 2.45) is 0 Å². The number of benzene rings is 1. The van der Waals surface area contributed by atoms with Gasteiger partial charge in [0.1, 0.15) is 0 Å². The summed E-state index contributed by atoms with van der Waals surface area (Å²) in [4.78, 5) is 24.0. The number of esters is 1. The van der Waals surface area contributed by atoms with Gasteiger partial charge in [-0.3, -0.25) is 4.79 Å². The molecule has 1 amide bonds. The first-order chi connectivity index (χ1) is 11.9. The first kappa shape index (κ1) is 21.1. The molecule has 0 saturated heterocycles. The lowest BCUT2D eigenvalue weighted by Crippen LogP contribution is -2.35. The van der Waals surface area contributed by atoms with Gasteiger partial charge >= 0.3 is 5.97 Å².